The van der Waals surface area contributed by atoms with Crippen molar-refractivity contribution in [2.75, 3.05) is 32.2 Å². The molecule has 98 valence electrons. The van der Waals surface area contributed by atoms with Crippen LogP contribution in [0.1, 0.15) is 13.8 Å². The minimum absolute atomic E-state index is 0.212. The van der Waals surface area contributed by atoms with Crippen molar-refractivity contribution in [2.45, 2.75) is 13.8 Å². The number of rotatable bonds is 7. The maximum absolute atomic E-state index is 5.46. The van der Waals surface area contributed by atoms with Gasteiger partial charge in [-0.3, -0.25) is 9.05 Å². The highest BCUT2D eigenvalue weighted by molar-refractivity contribution is 8.07. The first-order valence-electron chi connectivity index (χ1n) is 5.10. The molecule has 9 heteroatoms. The van der Waals surface area contributed by atoms with E-state index in [4.69, 9.17) is 25.4 Å². The number of anilines is 1. The summed E-state index contributed by atoms with van der Waals surface area (Å²) in [5.41, 5.74) is 0. The molecule has 0 aliphatic carbocycles. The zero-order valence-electron chi connectivity index (χ0n) is 10.2. The van der Waals surface area contributed by atoms with E-state index in [1.165, 1.54) is 11.5 Å². The Morgan fingerprint density at radius 3 is 2.29 bits per heavy atom. The number of aromatic nitrogens is 2. The molecule has 0 aliphatic heterocycles. The summed E-state index contributed by atoms with van der Waals surface area (Å²) in [7, 11) is 3.76. The Morgan fingerprint density at radius 1 is 1.29 bits per heavy atom. The maximum Gasteiger partial charge on any atom is 0.382 e. The van der Waals surface area contributed by atoms with Gasteiger partial charge in [0.05, 0.1) is 13.2 Å². The molecular formula is C8H16N3O3PS2. The molecule has 0 radical (unpaired) electrons. The van der Waals surface area contributed by atoms with Crippen molar-refractivity contribution in [3.8, 4) is 6.01 Å². The summed E-state index contributed by atoms with van der Waals surface area (Å²) in [6.45, 7) is 1.78. The van der Waals surface area contributed by atoms with Crippen LogP contribution in [0, 0.1) is 0 Å². The Balaban J connectivity index is 2.75. The molecule has 17 heavy (non-hydrogen) atoms. The van der Waals surface area contributed by atoms with E-state index in [0.717, 1.165) is 5.13 Å². The van der Waals surface area contributed by atoms with Crippen LogP contribution >= 0.6 is 18.3 Å². The lowest BCUT2D eigenvalue weighted by Crippen LogP contribution is -2.08. The SMILES string of the molecule is CCOP(=S)(OCC)Oc1nsc(N(C)C)n1. The van der Waals surface area contributed by atoms with E-state index in [1.807, 2.05) is 32.8 Å². The van der Waals surface area contributed by atoms with E-state index >= 15 is 0 Å². The topological polar surface area (TPSA) is 56.7 Å². The summed E-state index contributed by atoms with van der Waals surface area (Å²) in [4.78, 5) is 6.01. The quantitative estimate of drug-likeness (QED) is 0.716. The van der Waals surface area contributed by atoms with E-state index in [0.29, 0.717) is 13.2 Å². The molecule has 0 N–H and O–H groups in total. The van der Waals surface area contributed by atoms with E-state index < -0.39 is 6.72 Å². The lowest BCUT2D eigenvalue weighted by atomic mass is 10.9. The molecule has 6 nitrogen and oxygen atoms in total. The van der Waals surface area contributed by atoms with Crippen molar-refractivity contribution < 1.29 is 13.6 Å². The molecule has 0 aromatic carbocycles. The molecule has 0 saturated heterocycles. The van der Waals surface area contributed by atoms with E-state index in [2.05, 4.69) is 9.36 Å². The molecule has 1 aromatic rings. The second-order valence-corrected chi connectivity index (χ2v) is 6.79. The van der Waals surface area contributed by atoms with Gasteiger partial charge in [0, 0.05) is 37.4 Å². The maximum atomic E-state index is 5.46. The Hall–Kier alpha value is -0.270. The molecule has 1 heterocycles. The molecule has 0 spiro atoms. The van der Waals surface area contributed by atoms with E-state index in [9.17, 15) is 0 Å². The average molecular weight is 297 g/mol. The van der Waals surface area contributed by atoms with Crippen LogP contribution in [-0.4, -0.2) is 36.7 Å². The first-order valence-corrected chi connectivity index (χ1v) is 8.43. The van der Waals surface area contributed by atoms with Crippen molar-refractivity contribution in [1.29, 1.82) is 0 Å². The van der Waals surface area contributed by atoms with Crippen LogP contribution in [0.5, 0.6) is 6.01 Å². The predicted octanol–water partition coefficient (Wildman–Crippen LogP) is 2.28. The Kier molecular flexibility index (Phi) is 5.75. The smallest absolute Gasteiger partial charge is 0.382 e. The standard InChI is InChI=1S/C8H16N3O3PS2/c1-5-12-15(16,13-6-2)14-7-9-8(11(3)4)17-10-7/h5-6H2,1-4H3. The van der Waals surface area contributed by atoms with Crippen LogP contribution in [0.15, 0.2) is 0 Å². The average Bonchev–Trinajstić information content (AvgIpc) is 2.66. The summed E-state index contributed by atoms with van der Waals surface area (Å²) in [6, 6.07) is 0.212. The van der Waals surface area contributed by atoms with Gasteiger partial charge in [-0.15, -0.1) is 4.37 Å². The fraction of sp³-hybridized carbons (Fsp3) is 0.750. The monoisotopic (exact) mass is 297 g/mol. The van der Waals surface area contributed by atoms with Gasteiger partial charge in [-0.2, -0.15) is 4.98 Å². The molecule has 1 rings (SSSR count). The van der Waals surface area contributed by atoms with Gasteiger partial charge < -0.3 is 9.42 Å². The molecular weight excluding hydrogens is 281 g/mol. The molecule has 0 atom stereocenters. The van der Waals surface area contributed by atoms with Crippen LogP contribution in [-0.2, 0) is 20.9 Å². The highest BCUT2D eigenvalue weighted by atomic mass is 32.5. The molecule has 0 aliphatic rings. The fourth-order valence-electron chi connectivity index (χ4n) is 0.927. The highest BCUT2D eigenvalue weighted by Crippen LogP contribution is 2.49. The van der Waals surface area contributed by atoms with Gasteiger partial charge in [0.1, 0.15) is 0 Å². The second-order valence-electron chi connectivity index (χ2n) is 3.13. The first-order chi connectivity index (χ1) is 8.00. The molecule has 0 fully saturated rings. The zero-order valence-corrected chi connectivity index (χ0v) is 12.8. The van der Waals surface area contributed by atoms with Crippen LogP contribution < -0.4 is 9.42 Å². The summed E-state index contributed by atoms with van der Waals surface area (Å²) < 4.78 is 20.2. The van der Waals surface area contributed by atoms with Gasteiger partial charge in [-0.1, -0.05) is 0 Å². The minimum atomic E-state index is -2.76. The van der Waals surface area contributed by atoms with Gasteiger partial charge in [-0.25, -0.2) is 0 Å². The fourth-order valence-corrected chi connectivity index (χ4v) is 3.43. The van der Waals surface area contributed by atoms with E-state index in [1.54, 1.807) is 0 Å². The third-order valence-corrected chi connectivity index (χ3v) is 4.81. The van der Waals surface area contributed by atoms with Crippen molar-refractivity contribution in [2.24, 2.45) is 0 Å². The number of hydrogen-bond acceptors (Lipinski definition) is 8. The number of hydrogen-bond donors (Lipinski definition) is 0. The first kappa shape index (κ1) is 14.8. The van der Waals surface area contributed by atoms with Crippen LogP contribution in [0.25, 0.3) is 0 Å². The van der Waals surface area contributed by atoms with Gasteiger partial charge in [-0.05, 0) is 13.8 Å². The van der Waals surface area contributed by atoms with E-state index in [-0.39, 0.29) is 6.01 Å². The van der Waals surface area contributed by atoms with Crippen LogP contribution in [0.3, 0.4) is 0 Å². The predicted molar refractivity (Wildman–Crippen MR) is 72.4 cm³/mol. The largest absolute Gasteiger partial charge is 0.388 e. The third kappa shape index (κ3) is 4.48. The normalized spacial score (nSPS) is 11.5. The summed E-state index contributed by atoms with van der Waals surface area (Å²) in [5, 5.41) is 0.745. The second kappa shape index (κ2) is 6.61. The zero-order chi connectivity index (χ0) is 12.9. The van der Waals surface area contributed by atoms with Crippen LogP contribution in [0.4, 0.5) is 5.13 Å². The lowest BCUT2D eigenvalue weighted by molar-refractivity contribution is 0.214. The van der Waals surface area contributed by atoms with Crippen molar-refractivity contribution in [3.63, 3.8) is 0 Å². The van der Waals surface area contributed by atoms with Crippen LogP contribution in [0.2, 0.25) is 0 Å². The molecule has 0 amide bonds. The van der Waals surface area contributed by atoms with Gasteiger partial charge in [0.25, 0.3) is 0 Å². The van der Waals surface area contributed by atoms with Crippen molar-refractivity contribution >= 4 is 35.2 Å². The van der Waals surface area contributed by atoms with Crippen molar-refractivity contribution in [1.82, 2.24) is 9.36 Å². The third-order valence-electron chi connectivity index (χ3n) is 1.55. The molecule has 0 saturated carbocycles. The van der Waals surface area contributed by atoms with Gasteiger partial charge >= 0.3 is 12.7 Å². The molecule has 1 aromatic heterocycles. The number of nitrogens with zero attached hydrogens (tertiary/aromatic N) is 3. The van der Waals surface area contributed by atoms with Crippen molar-refractivity contribution in [3.05, 3.63) is 0 Å². The van der Waals surface area contributed by atoms with Gasteiger partial charge in [0.15, 0.2) is 0 Å². The molecule has 0 unspecified atom stereocenters. The highest BCUT2D eigenvalue weighted by Gasteiger charge is 2.23. The summed E-state index contributed by atoms with van der Waals surface area (Å²) in [6.07, 6.45) is 0. The Bertz CT molecular complexity index is 389. The Labute approximate surface area is 110 Å². The molecule has 0 bridgehead atoms. The lowest BCUT2D eigenvalue weighted by Gasteiger charge is -2.18. The minimum Gasteiger partial charge on any atom is -0.388 e. The Morgan fingerprint density at radius 2 is 1.88 bits per heavy atom. The summed E-state index contributed by atoms with van der Waals surface area (Å²) >= 11 is 6.45. The summed E-state index contributed by atoms with van der Waals surface area (Å²) in [5.74, 6) is 0. The van der Waals surface area contributed by atoms with Gasteiger partial charge in [0.2, 0.25) is 5.13 Å².